The smallest absolute Gasteiger partial charge is 0.408 e. The Labute approximate surface area is 115 Å². The molecule has 0 saturated heterocycles. The molecule has 0 spiro atoms. The third-order valence-corrected chi connectivity index (χ3v) is 3.51. The van der Waals surface area contributed by atoms with Gasteiger partial charge in [0.15, 0.2) is 0 Å². The van der Waals surface area contributed by atoms with Crippen molar-refractivity contribution in [2.45, 2.75) is 65.0 Å². The minimum absolute atomic E-state index is 0.126. The number of carbonyl (C=O) groups is 2. The highest BCUT2D eigenvalue weighted by atomic mass is 16.6. The van der Waals surface area contributed by atoms with Crippen molar-refractivity contribution in [3.05, 3.63) is 0 Å². The molecule has 1 atom stereocenters. The molecule has 0 heterocycles. The summed E-state index contributed by atoms with van der Waals surface area (Å²) in [6.07, 6.45) is 3.42. The van der Waals surface area contributed by atoms with Gasteiger partial charge in [-0.3, -0.25) is 4.79 Å². The predicted molar refractivity (Wildman–Crippen MR) is 73.5 cm³/mol. The van der Waals surface area contributed by atoms with Crippen molar-refractivity contribution in [2.75, 3.05) is 0 Å². The van der Waals surface area contributed by atoms with E-state index in [1.807, 2.05) is 0 Å². The maximum absolute atomic E-state index is 11.7. The quantitative estimate of drug-likeness (QED) is 0.824. The highest BCUT2D eigenvalue weighted by Crippen LogP contribution is 2.30. The van der Waals surface area contributed by atoms with Gasteiger partial charge in [-0.2, -0.15) is 0 Å². The zero-order chi connectivity index (χ0) is 14.6. The van der Waals surface area contributed by atoms with E-state index in [0.717, 1.165) is 25.7 Å². The van der Waals surface area contributed by atoms with Gasteiger partial charge in [-0.05, 0) is 45.4 Å². The number of alkyl carbamates (subject to hydrolysis) is 1. The first-order valence-electron chi connectivity index (χ1n) is 6.98. The van der Waals surface area contributed by atoms with Crippen LogP contribution < -0.4 is 11.1 Å². The van der Waals surface area contributed by atoms with E-state index in [2.05, 4.69) is 12.2 Å². The Kier molecular flexibility index (Phi) is 5.20. The molecule has 1 rings (SSSR count). The van der Waals surface area contributed by atoms with Crippen LogP contribution in [0.4, 0.5) is 4.79 Å². The molecule has 0 aromatic heterocycles. The van der Waals surface area contributed by atoms with Crippen LogP contribution in [0, 0.1) is 11.8 Å². The maximum Gasteiger partial charge on any atom is 0.408 e. The number of rotatable bonds is 3. The molecule has 1 aliphatic rings. The van der Waals surface area contributed by atoms with E-state index in [9.17, 15) is 9.59 Å². The Balaban J connectivity index is 2.58. The van der Waals surface area contributed by atoms with Crippen LogP contribution in [0.25, 0.3) is 0 Å². The van der Waals surface area contributed by atoms with Crippen LogP contribution in [0.5, 0.6) is 0 Å². The van der Waals surface area contributed by atoms with Crippen LogP contribution in [-0.4, -0.2) is 23.6 Å². The third-order valence-electron chi connectivity index (χ3n) is 3.51. The molecule has 0 aliphatic heterocycles. The van der Waals surface area contributed by atoms with Crippen molar-refractivity contribution in [3.8, 4) is 0 Å². The molecule has 1 fully saturated rings. The van der Waals surface area contributed by atoms with Gasteiger partial charge in [0.2, 0.25) is 5.91 Å². The van der Waals surface area contributed by atoms with Crippen molar-refractivity contribution in [2.24, 2.45) is 17.6 Å². The lowest BCUT2D eigenvalue weighted by molar-refractivity contribution is -0.121. The second-order valence-electron chi connectivity index (χ2n) is 6.55. The van der Waals surface area contributed by atoms with Crippen LogP contribution >= 0.6 is 0 Å². The first-order chi connectivity index (χ1) is 8.69. The van der Waals surface area contributed by atoms with E-state index in [1.54, 1.807) is 20.8 Å². The topological polar surface area (TPSA) is 81.4 Å². The summed E-state index contributed by atoms with van der Waals surface area (Å²) < 4.78 is 5.17. The summed E-state index contributed by atoms with van der Waals surface area (Å²) >= 11 is 0. The van der Waals surface area contributed by atoms with Gasteiger partial charge in [-0.15, -0.1) is 0 Å². The number of carbonyl (C=O) groups excluding carboxylic acids is 2. The molecule has 0 radical (unpaired) electrons. The zero-order valence-electron chi connectivity index (χ0n) is 12.4. The Morgan fingerprint density at radius 2 is 1.74 bits per heavy atom. The molecule has 0 unspecified atom stereocenters. The molecule has 0 aromatic rings. The lowest BCUT2D eigenvalue weighted by atomic mass is 9.79. The SMILES string of the molecule is CC(C)(C)OC(=O)N[C@H](C(N)=O)[C@H]1CC[C@H](C)CC1. The summed E-state index contributed by atoms with van der Waals surface area (Å²) in [6.45, 7) is 7.56. The van der Waals surface area contributed by atoms with Gasteiger partial charge in [0.05, 0.1) is 0 Å². The largest absolute Gasteiger partial charge is 0.444 e. The fraction of sp³-hybridized carbons (Fsp3) is 0.857. The van der Waals surface area contributed by atoms with E-state index in [1.165, 1.54) is 0 Å². The normalized spacial score (nSPS) is 25.5. The van der Waals surface area contributed by atoms with Crippen LogP contribution in [0.1, 0.15) is 53.4 Å². The number of hydrogen-bond acceptors (Lipinski definition) is 3. The molecule has 5 heteroatoms. The molecular weight excluding hydrogens is 244 g/mol. The van der Waals surface area contributed by atoms with Crippen LogP contribution in [-0.2, 0) is 9.53 Å². The molecule has 5 nitrogen and oxygen atoms in total. The minimum atomic E-state index is -0.623. The third kappa shape index (κ3) is 5.49. The van der Waals surface area contributed by atoms with Gasteiger partial charge in [-0.1, -0.05) is 19.8 Å². The number of ether oxygens (including phenoxy) is 1. The minimum Gasteiger partial charge on any atom is -0.444 e. The van der Waals surface area contributed by atoms with Gasteiger partial charge in [-0.25, -0.2) is 4.79 Å². The van der Waals surface area contributed by atoms with Crippen molar-refractivity contribution in [3.63, 3.8) is 0 Å². The van der Waals surface area contributed by atoms with Gasteiger partial charge in [0.25, 0.3) is 0 Å². The predicted octanol–water partition coefficient (Wildman–Crippen LogP) is 2.19. The zero-order valence-corrected chi connectivity index (χ0v) is 12.4. The number of primary amides is 1. The van der Waals surface area contributed by atoms with E-state index >= 15 is 0 Å². The van der Waals surface area contributed by atoms with Crippen molar-refractivity contribution >= 4 is 12.0 Å². The fourth-order valence-electron chi connectivity index (χ4n) is 2.48. The summed E-state index contributed by atoms with van der Waals surface area (Å²) in [5, 5.41) is 2.62. The molecule has 19 heavy (non-hydrogen) atoms. The molecular formula is C14H26N2O3. The average Bonchev–Trinajstić information content (AvgIpc) is 2.24. The number of nitrogens with two attached hydrogens (primary N) is 1. The summed E-state index contributed by atoms with van der Waals surface area (Å²) in [6, 6.07) is -0.623. The molecule has 1 aliphatic carbocycles. The molecule has 110 valence electrons. The lowest BCUT2D eigenvalue weighted by Crippen LogP contribution is -2.51. The maximum atomic E-state index is 11.7. The van der Waals surface area contributed by atoms with Crippen molar-refractivity contribution < 1.29 is 14.3 Å². The average molecular weight is 270 g/mol. The van der Waals surface area contributed by atoms with E-state index in [-0.39, 0.29) is 5.92 Å². The lowest BCUT2D eigenvalue weighted by Gasteiger charge is -2.32. The Bertz CT molecular complexity index is 328. The fourth-order valence-corrected chi connectivity index (χ4v) is 2.48. The molecule has 2 amide bonds. The van der Waals surface area contributed by atoms with E-state index < -0.39 is 23.6 Å². The van der Waals surface area contributed by atoms with Gasteiger partial charge in [0, 0.05) is 0 Å². The summed E-state index contributed by atoms with van der Waals surface area (Å²) in [5.41, 5.74) is 4.83. The second-order valence-corrected chi connectivity index (χ2v) is 6.55. The summed E-state index contributed by atoms with van der Waals surface area (Å²) in [7, 11) is 0. The van der Waals surface area contributed by atoms with Crippen LogP contribution in [0.2, 0.25) is 0 Å². The second kappa shape index (κ2) is 6.26. The Hall–Kier alpha value is -1.26. The standard InChI is InChI=1S/C14H26N2O3/c1-9-5-7-10(8-6-9)11(12(15)17)16-13(18)19-14(2,3)4/h9-11H,5-8H2,1-4H3,(H2,15,17)(H,16,18)/t9-,10-,11-/m0/s1. The number of hydrogen-bond donors (Lipinski definition) is 2. The molecule has 3 N–H and O–H groups in total. The van der Waals surface area contributed by atoms with Crippen LogP contribution in [0.3, 0.4) is 0 Å². The van der Waals surface area contributed by atoms with Gasteiger partial charge >= 0.3 is 6.09 Å². The summed E-state index contributed by atoms with van der Waals surface area (Å²) in [5.74, 6) is 0.331. The van der Waals surface area contributed by atoms with E-state index in [0.29, 0.717) is 5.92 Å². The molecule has 0 aromatic carbocycles. The molecule has 1 saturated carbocycles. The Morgan fingerprint density at radius 1 is 1.21 bits per heavy atom. The monoisotopic (exact) mass is 270 g/mol. The van der Waals surface area contributed by atoms with Gasteiger partial charge in [0.1, 0.15) is 11.6 Å². The van der Waals surface area contributed by atoms with Gasteiger partial charge < -0.3 is 15.8 Å². The first kappa shape index (κ1) is 15.8. The van der Waals surface area contributed by atoms with Crippen molar-refractivity contribution in [1.82, 2.24) is 5.32 Å². The van der Waals surface area contributed by atoms with Crippen molar-refractivity contribution in [1.29, 1.82) is 0 Å². The molecule has 0 bridgehead atoms. The highest BCUT2D eigenvalue weighted by molar-refractivity contribution is 5.84. The Morgan fingerprint density at radius 3 is 2.16 bits per heavy atom. The number of amides is 2. The van der Waals surface area contributed by atoms with E-state index in [4.69, 9.17) is 10.5 Å². The first-order valence-corrected chi connectivity index (χ1v) is 6.98. The number of nitrogens with one attached hydrogen (secondary N) is 1. The highest BCUT2D eigenvalue weighted by Gasteiger charge is 2.32. The summed E-state index contributed by atoms with van der Waals surface area (Å²) in [4.78, 5) is 23.3. The van der Waals surface area contributed by atoms with Crippen LogP contribution in [0.15, 0.2) is 0 Å².